The van der Waals surface area contributed by atoms with Crippen LogP contribution in [0.2, 0.25) is 0 Å². The summed E-state index contributed by atoms with van der Waals surface area (Å²) in [7, 11) is 0. The van der Waals surface area contributed by atoms with Crippen molar-refractivity contribution in [3.05, 3.63) is 345 Å². The molecule has 0 bridgehead atoms. The maximum atomic E-state index is 5.92. The Hall–Kier alpha value is -9.17. The van der Waals surface area contributed by atoms with E-state index in [1.807, 2.05) is 0 Å². The third-order valence-electron chi connectivity index (χ3n) is 18.7. The minimum atomic E-state index is -0.622. The quantitative estimate of drug-likeness (QED) is 0.145. The van der Waals surface area contributed by atoms with Crippen molar-refractivity contribution >= 4 is 5.57 Å². The second-order valence-corrected chi connectivity index (χ2v) is 22.2. The van der Waals surface area contributed by atoms with Gasteiger partial charge in [-0.1, -0.05) is 250 Å². The lowest BCUT2D eigenvalue weighted by atomic mass is 9.67. The van der Waals surface area contributed by atoms with Gasteiger partial charge in [-0.25, -0.2) is 0 Å². The van der Waals surface area contributed by atoms with Crippen molar-refractivity contribution in [1.29, 1.82) is 0 Å². The van der Waals surface area contributed by atoms with Gasteiger partial charge in [-0.2, -0.15) is 0 Å². The predicted octanol–water partition coefficient (Wildman–Crippen LogP) is 18.7. The number of benzene rings is 9. The van der Waals surface area contributed by atoms with Crippen molar-refractivity contribution in [2.45, 2.75) is 48.9 Å². The SMILES string of the molecule is CC/C=C(/C=C\C=C(/C)c1ccc2c(c1)C1(c3ccccc3-c3ccccc31)c1ccccc1-2)C1(c2cccc(-c3ccc4c(c3)C3(c5ccccc5-c5ccccc53)c3ccccc3-4)n2)C2=CC=CCC2c2ccccc21. The molecule has 10 aromatic rings. The molecule has 0 saturated heterocycles. The van der Waals surface area contributed by atoms with Crippen LogP contribution in [0.5, 0.6) is 0 Å². The van der Waals surface area contributed by atoms with Gasteiger partial charge in [0.2, 0.25) is 0 Å². The topological polar surface area (TPSA) is 12.9 Å². The van der Waals surface area contributed by atoms with E-state index in [4.69, 9.17) is 4.98 Å². The third kappa shape index (κ3) is 5.78. The van der Waals surface area contributed by atoms with Crippen LogP contribution in [0.4, 0.5) is 0 Å². The van der Waals surface area contributed by atoms with Crippen LogP contribution in [0, 0.1) is 0 Å². The van der Waals surface area contributed by atoms with E-state index in [1.54, 1.807) is 0 Å². The summed E-state index contributed by atoms with van der Waals surface area (Å²) in [5.74, 6) is 0.247. The van der Waals surface area contributed by atoms with Crippen LogP contribution in [0.15, 0.2) is 278 Å². The summed E-state index contributed by atoms with van der Waals surface area (Å²) in [5, 5.41) is 0. The van der Waals surface area contributed by atoms with Crippen molar-refractivity contribution < 1.29 is 0 Å². The molecule has 1 heterocycles. The number of allylic oxidation sites excluding steroid dienone is 10. The highest BCUT2D eigenvalue weighted by atomic mass is 14.8. The van der Waals surface area contributed by atoms with Crippen LogP contribution in [0.1, 0.15) is 99.5 Å². The lowest BCUT2D eigenvalue weighted by Gasteiger charge is -2.36. The zero-order chi connectivity index (χ0) is 51.7. The minimum Gasteiger partial charge on any atom is -0.251 e. The summed E-state index contributed by atoms with van der Waals surface area (Å²) in [6.45, 7) is 4.55. The van der Waals surface area contributed by atoms with Crippen LogP contribution in [-0.2, 0) is 16.2 Å². The molecule has 1 nitrogen and oxygen atoms in total. The molecule has 0 radical (unpaired) electrons. The van der Waals surface area contributed by atoms with Gasteiger partial charge in [0.25, 0.3) is 0 Å². The number of hydrogen-bond acceptors (Lipinski definition) is 1. The molecule has 0 saturated carbocycles. The van der Waals surface area contributed by atoms with Crippen LogP contribution in [0.25, 0.3) is 61.3 Å². The molecule has 368 valence electrons. The number of hydrogen-bond donors (Lipinski definition) is 0. The third-order valence-corrected chi connectivity index (χ3v) is 18.7. The van der Waals surface area contributed by atoms with Crippen molar-refractivity contribution in [3.8, 4) is 55.8 Å². The van der Waals surface area contributed by atoms with Crippen molar-refractivity contribution in [2.75, 3.05) is 0 Å². The van der Waals surface area contributed by atoms with E-state index < -0.39 is 10.8 Å². The normalized spacial score (nSPS) is 18.6. The first-order valence-electron chi connectivity index (χ1n) is 28.0. The Morgan fingerprint density at radius 1 is 0.487 bits per heavy atom. The van der Waals surface area contributed by atoms with Crippen LogP contribution in [-0.4, -0.2) is 4.98 Å². The van der Waals surface area contributed by atoms with Gasteiger partial charge in [0.15, 0.2) is 0 Å². The number of pyridine rings is 1. The van der Waals surface area contributed by atoms with Crippen molar-refractivity contribution in [2.24, 2.45) is 0 Å². The molecule has 2 atom stereocenters. The monoisotopic (exact) mass is 993 g/mol. The maximum absolute atomic E-state index is 5.92. The largest absolute Gasteiger partial charge is 0.251 e. The Morgan fingerprint density at radius 3 is 1.50 bits per heavy atom. The molecule has 6 aliphatic carbocycles. The van der Waals surface area contributed by atoms with E-state index in [2.05, 4.69) is 281 Å². The summed E-state index contributed by atoms with van der Waals surface area (Å²) in [6, 6.07) is 84.8. The van der Waals surface area contributed by atoms with Crippen LogP contribution >= 0.6 is 0 Å². The second-order valence-electron chi connectivity index (χ2n) is 22.2. The van der Waals surface area contributed by atoms with E-state index in [0.29, 0.717) is 0 Å². The van der Waals surface area contributed by atoms with Gasteiger partial charge < -0.3 is 0 Å². The molecular weight excluding hydrogens is 939 g/mol. The second kappa shape index (κ2) is 16.9. The molecule has 0 N–H and O–H groups in total. The predicted molar refractivity (Wildman–Crippen MR) is 322 cm³/mol. The molecule has 1 aromatic heterocycles. The maximum Gasteiger partial charge on any atom is 0.0843 e. The van der Waals surface area contributed by atoms with Gasteiger partial charge >= 0.3 is 0 Å². The smallest absolute Gasteiger partial charge is 0.0843 e. The highest BCUT2D eigenvalue weighted by molar-refractivity contribution is 5.97. The number of rotatable bonds is 7. The number of aromatic nitrogens is 1. The molecule has 78 heavy (non-hydrogen) atoms. The minimum absolute atomic E-state index is 0.247. The average molecular weight is 994 g/mol. The lowest BCUT2D eigenvalue weighted by Crippen LogP contribution is -2.31. The Kier molecular flexibility index (Phi) is 9.77. The lowest BCUT2D eigenvalue weighted by molar-refractivity contribution is 0.670. The molecule has 2 unspecified atom stereocenters. The van der Waals surface area contributed by atoms with E-state index in [-0.39, 0.29) is 11.3 Å². The average Bonchev–Trinajstić information content (AvgIpc) is 2.93. The summed E-state index contributed by atoms with van der Waals surface area (Å²) < 4.78 is 0. The highest BCUT2D eigenvalue weighted by Gasteiger charge is 2.54. The van der Waals surface area contributed by atoms with E-state index >= 15 is 0 Å². The molecular formula is C77H55N. The molecule has 1 heteroatoms. The summed E-state index contributed by atoms with van der Waals surface area (Å²) in [4.78, 5) is 5.92. The first-order valence-corrected chi connectivity index (χ1v) is 28.0. The molecule has 9 aromatic carbocycles. The van der Waals surface area contributed by atoms with Gasteiger partial charge in [-0.3, -0.25) is 4.98 Å². The number of nitrogens with zero attached hydrogens (tertiary/aromatic N) is 1. The number of fused-ring (bicyclic) bond motifs is 23. The molecule has 0 aliphatic heterocycles. The highest BCUT2D eigenvalue weighted by Crippen LogP contribution is 2.65. The summed E-state index contributed by atoms with van der Waals surface area (Å²) >= 11 is 0. The van der Waals surface area contributed by atoms with Crippen molar-refractivity contribution in [1.82, 2.24) is 4.98 Å². The van der Waals surface area contributed by atoms with Gasteiger partial charge in [0.05, 0.1) is 27.6 Å². The first kappa shape index (κ1) is 45.1. The molecule has 16 rings (SSSR count). The van der Waals surface area contributed by atoms with Crippen molar-refractivity contribution in [3.63, 3.8) is 0 Å². The fraction of sp³-hybridized carbons (Fsp3) is 0.104. The summed E-state index contributed by atoms with van der Waals surface area (Å²) in [6.07, 6.45) is 18.4. The fourth-order valence-electron chi connectivity index (χ4n) is 15.7. The molecule has 0 fully saturated rings. The molecule has 2 spiro atoms. The Bertz CT molecular complexity index is 4250. The van der Waals surface area contributed by atoms with Gasteiger partial charge in [-0.15, -0.1) is 0 Å². The van der Waals surface area contributed by atoms with E-state index in [0.717, 1.165) is 29.8 Å². The first-order chi connectivity index (χ1) is 38.6. The zero-order valence-corrected chi connectivity index (χ0v) is 43.8. The Balaban J connectivity index is 0.835. The van der Waals surface area contributed by atoms with Crippen LogP contribution < -0.4 is 0 Å². The standard InChI is InChI=1S/C77H55N/c1-3-22-52(24-20-23-49(2)50-43-45-61-59-31-10-18-39-69(59)76(71(61)47-50)65-35-14-6-27-55(65)56-28-7-15-36-66(56)76)75(63-33-12-4-25-53(63)54-26-5-13-34-64(54)75)74-42-21-41-73(78-74)51-44-46-62-60-32-11-19-40-70(60)77(72(62)48-51)67-37-16-8-29-57(67)58-30-9-17-38-68(58)77/h4-25,27-48,54H,3,26H2,1-2H3/b24-20-,49-23+,52-22-. The van der Waals surface area contributed by atoms with Gasteiger partial charge in [0.1, 0.15) is 0 Å². The molecule has 6 aliphatic rings. The molecule has 0 amide bonds. The van der Waals surface area contributed by atoms with E-state index in [1.165, 1.54) is 122 Å². The Labute approximate surface area is 457 Å². The Morgan fingerprint density at radius 2 is 0.962 bits per heavy atom. The zero-order valence-electron chi connectivity index (χ0n) is 43.8. The van der Waals surface area contributed by atoms with Gasteiger partial charge in [0, 0.05) is 11.5 Å². The van der Waals surface area contributed by atoms with E-state index in [9.17, 15) is 0 Å². The van der Waals surface area contributed by atoms with Crippen LogP contribution in [0.3, 0.4) is 0 Å². The fourth-order valence-corrected chi connectivity index (χ4v) is 15.7. The van der Waals surface area contributed by atoms with Gasteiger partial charge in [-0.05, 0) is 166 Å². The summed E-state index contributed by atoms with van der Waals surface area (Å²) in [5.41, 5.74) is 30.9.